The number of hydrogen-bond donors (Lipinski definition) is 1. The number of ether oxygens (including phenoxy) is 3. The number of esters is 1. The molecule has 0 aliphatic heterocycles. The lowest BCUT2D eigenvalue weighted by molar-refractivity contribution is -0.151. The zero-order valence-corrected chi connectivity index (χ0v) is 11.8. The minimum atomic E-state index is -0.895. The summed E-state index contributed by atoms with van der Waals surface area (Å²) < 4.78 is 15.1. The van der Waals surface area contributed by atoms with E-state index in [1.54, 1.807) is 25.1 Å². The topological polar surface area (TPSA) is 65.0 Å². The Kier molecular flexibility index (Phi) is 6.08. The lowest BCUT2D eigenvalue weighted by Crippen LogP contribution is -2.33. The standard InChI is InChI=1S/C13H17ClO5/c1-8(15)10-6-9(14)4-5-11(10)19-12(7-17-2)13(16)18-3/h4-6,8,12,15H,7H2,1-3H3. The highest BCUT2D eigenvalue weighted by Gasteiger charge is 2.23. The Bertz CT molecular complexity index is 433. The van der Waals surface area contributed by atoms with Crippen molar-refractivity contribution in [3.05, 3.63) is 28.8 Å². The maximum absolute atomic E-state index is 11.5. The lowest BCUT2D eigenvalue weighted by atomic mass is 10.1. The van der Waals surface area contributed by atoms with Crippen molar-refractivity contribution in [1.82, 2.24) is 0 Å². The molecule has 0 saturated heterocycles. The van der Waals surface area contributed by atoms with Gasteiger partial charge in [-0.15, -0.1) is 0 Å². The van der Waals surface area contributed by atoms with Crippen LogP contribution in [0.5, 0.6) is 5.75 Å². The van der Waals surface area contributed by atoms with E-state index in [0.29, 0.717) is 16.3 Å². The van der Waals surface area contributed by atoms with Gasteiger partial charge in [-0.2, -0.15) is 0 Å². The van der Waals surface area contributed by atoms with Crippen molar-refractivity contribution < 1.29 is 24.1 Å². The Balaban J connectivity index is 2.98. The van der Waals surface area contributed by atoms with Crippen LogP contribution < -0.4 is 4.74 Å². The summed E-state index contributed by atoms with van der Waals surface area (Å²) >= 11 is 5.87. The third kappa shape index (κ3) is 4.38. The maximum Gasteiger partial charge on any atom is 0.349 e. The monoisotopic (exact) mass is 288 g/mol. The summed E-state index contributed by atoms with van der Waals surface area (Å²) in [5.41, 5.74) is 0.498. The van der Waals surface area contributed by atoms with E-state index in [1.165, 1.54) is 14.2 Å². The molecule has 0 aromatic heterocycles. The van der Waals surface area contributed by atoms with Crippen LogP contribution in [0.15, 0.2) is 18.2 Å². The van der Waals surface area contributed by atoms with Gasteiger partial charge in [0.05, 0.1) is 19.8 Å². The van der Waals surface area contributed by atoms with E-state index in [2.05, 4.69) is 4.74 Å². The number of halogens is 1. The number of carbonyl (C=O) groups excluding carboxylic acids is 1. The number of benzene rings is 1. The van der Waals surface area contributed by atoms with Gasteiger partial charge < -0.3 is 19.3 Å². The SMILES string of the molecule is COCC(Oc1ccc(Cl)cc1C(C)O)C(=O)OC. The van der Waals surface area contributed by atoms with Gasteiger partial charge in [0.2, 0.25) is 6.10 Å². The fourth-order valence-electron chi connectivity index (χ4n) is 1.54. The highest BCUT2D eigenvalue weighted by molar-refractivity contribution is 6.30. The van der Waals surface area contributed by atoms with Crippen molar-refractivity contribution in [2.24, 2.45) is 0 Å². The third-order valence-corrected chi connectivity index (χ3v) is 2.71. The van der Waals surface area contributed by atoms with Crippen molar-refractivity contribution >= 4 is 17.6 Å². The summed E-state index contributed by atoms with van der Waals surface area (Å²) in [5.74, 6) is -0.180. The normalized spacial score (nSPS) is 13.7. The molecule has 5 nitrogen and oxygen atoms in total. The fraction of sp³-hybridized carbons (Fsp3) is 0.462. The Labute approximate surface area is 117 Å². The molecule has 0 bridgehead atoms. The summed E-state index contributed by atoms with van der Waals surface area (Å²) in [4.78, 5) is 11.5. The molecule has 0 saturated carbocycles. The lowest BCUT2D eigenvalue weighted by Gasteiger charge is -2.19. The van der Waals surface area contributed by atoms with Gasteiger partial charge in [0.15, 0.2) is 0 Å². The van der Waals surface area contributed by atoms with Crippen molar-refractivity contribution in [2.75, 3.05) is 20.8 Å². The number of aliphatic hydroxyl groups is 1. The molecule has 19 heavy (non-hydrogen) atoms. The summed E-state index contributed by atoms with van der Waals surface area (Å²) in [7, 11) is 2.72. The first-order chi connectivity index (χ1) is 8.99. The highest BCUT2D eigenvalue weighted by atomic mass is 35.5. The van der Waals surface area contributed by atoms with Crippen LogP contribution in [-0.2, 0) is 14.3 Å². The molecule has 1 aromatic rings. The number of methoxy groups -OCH3 is 2. The van der Waals surface area contributed by atoms with E-state index < -0.39 is 18.2 Å². The number of hydrogen-bond acceptors (Lipinski definition) is 5. The van der Waals surface area contributed by atoms with Crippen LogP contribution in [0.4, 0.5) is 0 Å². The van der Waals surface area contributed by atoms with Crippen LogP contribution in [0.2, 0.25) is 5.02 Å². The van der Waals surface area contributed by atoms with Gasteiger partial charge in [-0.1, -0.05) is 11.6 Å². The summed E-state index contributed by atoms with van der Waals surface area (Å²) in [6.45, 7) is 1.64. The van der Waals surface area contributed by atoms with E-state index in [9.17, 15) is 9.90 Å². The van der Waals surface area contributed by atoms with Crippen molar-refractivity contribution in [3.63, 3.8) is 0 Å². The highest BCUT2D eigenvalue weighted by Crippen LogP contribution is 2.29. The molecule has 0 spiro atoms. The van der Waals surface area contributed by atoms with E-state index >= 15 is 0 Å². The van der Waals surface area contributed by atoms with Crippen LogP contribution in [0, 0.1) is 0 Å². The number of rotatable bonds is 6. The average molecular weight is 289 g/mol. The second-order valence-corrected chi connectivity index (χ2v) is 4.38. The number of aliphatic hydroxyl groups excluding tert-OH is 1. The molecule has 6 heteroatoms. The molecule has 0 amide bonds. The average Bonchev–Trinajstić information content (AvgIpc) is 2.38. The molecule has 2 atom stereocenters. The summed E-state index contributed by atoms with van der Waals surface area (Å²) in [6.07, 6.45) is -1.66. The Hall–Kier alpha value is -1.30. The molecule has 0 fully saturated rings. The van der Waals surface area contributed by atoms with Crippen LogP contribution >= 0.6 is 11.6 Å². The van der Waals surface area contributed by atoms with Gasteiger partial charge in [0, 0.05) is 17.7 Å². The minimum absolute atomic E-state index is 0.0501. The molecule has 0 heterocycles. The Morgan fingerprint density at radius 1 is 1.42 bits per heavy atom. The van der Waals surface area contributed by atoms with Crippen LogP contribution in [0.3, 0.4) is 0 Å². The molecule has 0 aliphatic carbocycles. The zero-order chi connectivity index (χ0) is 14.4. The molecule has 106 valence electrons. The number of carbonyl (C=O) groups is 1. The Morgan fingerprint density at radius 3 is 2.63 bits per heavy atom. The summed E-state index contributed by atoms with van der Waals surface area (Å²) in [5, 5.41) is 10.2. The van der Waals surface area contributed by atoms with E-state index in [4.69, 9.17) is 21.1 Å². The second-order valence-electron chi connectivity index (χ2n) is 3.94. The van der Waals surface area contributed by atoms with E-state index in [1.807, 2.05) is 0 Å². The summed E-state index contributed by atoms with van der Waals surface area (Å²) in [6, 6.07) is 4.79. The molecule has 1 rings (SSSR count). The van der Waals surface area contributed by atoms with Crippen molar-refractivity contribution in [2.45, 2.75) is 19.1 Å². The first-order valence-corrected chi connectivity index (χ1v) is 6.08. The van der Waals surface area contributed by atoms with Gasteiger partial charge in [-0.05, 0) is 25.1 Å². The van der Waals surface area contributed by atoms with Crippen LogP contribution in [0.1, 0.15) is 18.6 Å². The molecule has 0 aliphatic rings. The molecule has 1 aromatic carbocycles. The first-order valence-electron chi connectivity index (χ1n) is 5.70. The van der Waals surface area contributed by atoms with Gasteiger partial charge in [0.1, 0.15) is 5.75 Å². The molecule has 0 radical (unpaired) electrons. The predicted molar refractivity (Wildman–Crippen MR) is 70.4 cm³/mol. The second kappa shape index (κ2) is 7.33. The predicted octanol–water partition coefficient (Wildman–Crippen LogP) is 1.96. The van der Waals surface area contributed by atoms with Gasteiger partial charge in [0.25, 0.3) is 0 Å². The van der Waals surface area contributed by atoms with Crippen LogP contribution in [0.25, 0.3) is 0 Å². The Morgan fingerprint density at radius 2 is 2.11 bits per heavy atom. The maximum atomic E-state index is 11.5. The van der Waals surface area contributed by atoms with E-state index in [0.717, 1.165) is 0 Å². The molecule has 2 unspecified atom stereocenters. The largest absolute Gasteiger partial charge is 0.476 e. The molecular weight excluding hydrogens is 272 g/mol. The van der Waals surface area contributed by atoms with Gasteiger partial charge in [-0.25, -0.2) is 4.79 Å². The van der Waals surface area contributed by atoms with Gasteiger partial charge in [-0.3, -0.25) is 0 Å². The molecular formula is C13H17ClO5. The molecule has 1 N–H and O–H groups in total. The zero-order valence-electron chi connectivity index (χ0n) is 11.1. The minimum Gasteiger partial charge on any atom is -0.476 e. The third-order valence-electron chi connectivity index (χ3n) is 2.47. The quantitative estimate of drug-likeness (QED) is 0.811. The fourth-order valence-corrected chi connectivity index (χ4v) is 1.72. The smallest absolute Gasteiger partial charge is 0.349 e. The van der Waals surface area contributed by atoms with E-state index in [-0.39, 0.29) is 6.61 Å². The first kappa shape index (κ1) is 15.8. The van der Waals surface area contributed by atoms with Gasteiger partial charge >= 0.3 is 5.97 Å². The van der Waals surface area contributed by atoms with Crippen LogP contribution in [-0.4, -0.2) is 38.0 Å². The van der Waals surface area contributed by atoms with Crippen molar-refractivity contribution in [3.8, 4) is 5.75 Å². The van der Waals surface area contributed by atoms with Crippen molar-refractivity contribution in [1.29, 1.82) is 0 Å².